The molecule has 5 atom stereocenters. The van der Waals surface area contributed by atoms with Crippen molar-refractivity contribution in [2.24, 2.45) is 7.05 Å². The molecule has 0 N–H and O–H groups in total. The number of ether oxygens (including phenoxy) is 3. The molecule has 7 aliphatic heterocycles. The Hall–Kier alpha value is -9.97. The summed E-state index contributed by atoms with van der Waals surface area (Å²) in [7, 11) is 6.05. The summed E-state index contributed by atoms with van der Waals surface area (Å²) in [6, 6.07) is 19.5. The molecule has 4 saturated heterocycles. The summed E-state index contributed by atoms with van der Waals surface area (Å²) in [5.74, 6) is -1.08. The van der Waals surface area contributed by atoms with Crippen molar-refractivity contribution in [1.29, 1.82) is 10.5 Å². The summed E-state index contributed by atoms with van der Waals surface area (Å²) in [6.45, 7) is 21.9. The number of likely N-dealkylation sites (tertiary alicyclic amines) is 2. The maximum Gasteiger partial charge on any atom is 0.282 e. The van der Waals surface area contributed by atoms with Crippen molar-refractivity contribution in [2.75, 3.05) is 119 Å². The fraction of sp³-hybridized carbons (Fsp3) is 0.456. The first-order chi connectivity index (χ1) is 49.3. The number of rotatable bonds is 17. The Kier molecular flexibility index (Phi) is 19.3. The maximum atomic E-state index is 16.3. The van der Waals surface area contributed by atoms with Gasteiger partial charge in [-0.2, -0.15) is 20.5 Å². The van der Waals surface area contributed by atoms with E-state index in [2.05, 4.69) is 82.9 Å². The summed E-state index contributed by atoms with van der Waals surface area (Å²) in [6.07, 6.45) is 11.6. The van der Waals surface area contributed by atoms with E-state index in [1.807, 2.05) is 56.3 Å². The predicted octanol–water partition coefficient (Wildman–Crippen LogP) is 10.3. The molecule has 0 bridgehead atoms. The van der Waals surface area contributed by atoms with Crippen LogP contribution in [0, 0.1) is 50.4 Å². The second-order valence-corrected chi connectivity index (χ2v) is 28.7. The monoisotopic (exact) mass is 1380 g/mol. The minimum absolute atomic E-state index is 0.00454. The number of pyridine rings is 5. The number of likely N-dealkylation sites (N-methyl/N-ethyl adjacent to an activating group) is 2. The van der Waals surface area contributed by atoms with E-state index in [0.29, 0.717) is 120 Å². The van der Waals surface area contributed by atoms with Gasteiger partial charge in [0.1, 0.15) is 30.6 Å². The number of halogens is 2. The molecule has 14 rings (SSSR count). The Morgan fingerprint density at radius 3 is 1.77 bits per heavy atom. The molecule has 0 aliphatic carbocycles. The van der Waals surface area contributed by atoms with Crippen LogP contribution >= 0.6 is 0 Å². The topological polar surface area (TPSA) is 209 Å². The molecule has 21 nitrogen and oxygen atoms in total. The third kappa shape index (κ3) is 12.8. The van der Waals surface area contributed by atoms with E-state index in [1.54, 1.807) is 45.8 Å². The van der Waals surface area contributed by atoms with E-state index in [1.165, 1.54) is 12.2 Å². The minimum atomic E-state index is -3.12. The number of carbonyl (C=O) groups excluding carboxylic acids is 2. The molecule has 530 valence electrons. The third-order valence-electron chi connectivity index (χ3n) is 22.6. The van der Waals surface area contributed by atoms with Crippen LogP contribution in [-0.4, -0.2) is 179 Å². The summed E-state index contributed by atoms with van der Waals surface area (Å²) in [5, 5.41) is 21.7. The van der Waals surface area contributed by atoms with Crippen LogP contribution < -0.4 is 39.4 Å². The molecule has 0 spiro atoms. The number of nitrogens with zero attached hydrogens (tertiary/aromatic N) is 15. The molecule has 2 amide bonds. The van der Waals surface area contributed by atoms with Crippen LogP contribution in [0.4, 0.5) is 31.8 Å². The van der Waals surface area contributed by atoms with Crippen molar-refractivity contribution in [2.45, 2.75) is 128 Å². The number of hydrogen-bond acceptors (Lipinski definition) is 18. The predicted molar refractivity (Wildman–Crippen MR) is 390 cm³/mol. The van der Waals surface area contributed by atoms with Crippen LogP contribution in [-0.2, 0) is 48.5 Å². The zero-order valence-electron chi connectivity index (χ0n) is 59.5. The van der Waals surface area contributed by atoms with Gasteiger partial charge in [-0.25, -0.2) is 8.78 Å². The molecule has 102 heavy (non-hydrogen) atoms. The van der Waals surface area contributed by atoms with Gasteiger partial charge in [0, 0.05) is 149 Å². The molecule has 0 saturated carbocycles. The standard InChI is InChI=1S/C79H89F2N15O6/c1-10-66(97)95-35-33-93(42-55(95)17-25-82)74-59-22-31-91(63-15-12-16-65-73(63)79(80,81)24-37-100-65)44-61(59)71(68-48(3)19-27-84-50(68)5)77(87-74)102-47-58-39-54(41-90(58)9)53-38-52-21-30-89(8)78(99)70(52)64(40-53)92-32-23-60-62(45-92)72(69-49(4)20-28-85-51(69)6)76(101-46-57-14-13-29-88(57)7)86-75(60)94-34-36-96(67(98)11-2)56(43-94)18-26-83/h10-12,15-16,19-21,27-28,30,38,40,54-58H,1-2,13-14,17-18,22-24,29,31-37,39,41-47H2,3-9H3/t54?,55-,56-,57-,58-/m0/s1. The van der Waals surface area contributed by atoms with Gasteiger partial charge in [-0.3, -0.25) is 29.3 Å². The number of piperazine rings is 2. The van der Waals surface area contributed by atoms with E-state index < -0.39 is 24.4 Å². The second-order valence-electron chi connectivity index (χ2n) is 28.7. The average molecular weight is 1380 g/mol. The Balaban J connectivity index is 0.841. The highest BCUT2D eigenvalue weighted by molar-refractivity contribution is 5.95. The summed E-state index contributed by atoms with van der Waals surface area (Å²) < 4.78 is 54.5. The molecular formula is C79H89F2N15O6. The van der Waals surface area contributed by atoms with E-state index in [0.717, 1.165) is 109 Å². The fourth-order valence-corrected chi connectivity index (χ4v) is 17.1. The Morgan fingerprint density at radius 2 is 1.24 bits per heavy atom. The number of aromatic nitrogens is 5. The van der Waals surface area contributed by atoms with Crippen molar-refractivity contribution in [3.8, 4) is 51.9 Å². The first kappa shape index (κ1) is 69.1. The van der Waals surface area contributed by atoms with Crippen LogP contribution in [0.1, 0.15) is 100 Å². The molecule has 0 radical (unpaired) electrons. The zero-order valence-corrected chi connectivity index (χ0v) is 59.5. The van der Waals surface area contributed by atoms with Gasteiger partial charge >= 0.3 is 0 Å². The smallest absolute Gasteiger partial charge is 0.282 e. The van der Waals surface area contributed by atoms with Crippen LogP contribution in [0.25, 0.3) is 33.0 Å². The van der Waals surface area contributed by atoms with Gasteiger partial charge in [-0.05, 0) is 168 Å². The van der Waals surface area contributed by atoms with Gasteiger partial charge in [-0.1, -0.05) is 25.3 Å². The van der Waals surface area contributed by atoms with Gasteiger partial charge in [-0.15, -0.1) is 0 Å². The van der Waals surface area contributed by atoms with Gasteiger partial charge in [0.05, 0.1) is 77.9 Å². The number of fused-ring (bicyclic) bond motifs is 4. The lowest BCUT2D eigenvalue weighted by Crippen LogP contribution is -2.55. The molecule has 23 heteroatoms. The number of alkyl halides is 2. The quantitative estimate of drug-likeness (QED) is 0.0777. The second kappa shape index (κ2) is 28.5. The lowest BCUT2D eigenvalue weighted by Gasteiger charge is -2.43. The van der Waals surface area contributed by atoms with Crippen LogP contribution in [0.3, 0.4) is 0 Å². The highest BCUT2D eigenvalue weighted by Crippen LogP contribution is 2.51. The zero-order chi connectivity index (χ0) is 71.4. The normalized spacial score (nSPS) is 21.2. The van der Waals surface area contributed by atoms with Crippen molar-refractivity contribution >= 4 is 45.6 Å². The molecule has 2 aromatic carbocycles. The van der Waals surface area contributed by atoms with Gasteiger partial charge in [0.2, 0.25) is 23.6 Å². The number of carbonyl (C=O) groups is 2. The third-order valence-corrected chi connectivity index (χ3v) is 22.6. The highest BCUT2D eigenvalue weighted by atomic mass is 19.3. The lowest BCUT2D eigenvalue weighted by molar-refractivity contribution is -0.129. The molecule has 7 aromatic rings. The fourth-order valence-electron chi connectivity index (χ4n) is 17.1. The van der Waals surface area contributed by atoms with E-state index in [9.17, 15) is 24.9 Å². The van der Waals surface area contributed by atoms with Crippen LogP contribution in [0.15, 0.2) is 97.2 Å². The summed E-state index contributed by atoms with van der Waals surface area (Å²) >= 11 is 0. The van der Waals surface area contributed by atoms with Gasteiger partial charge in [0.25, 0.3) is 11.5 Å². The van der Waals surface area contributed by atoms with Crippen molar-refractivity contribution in [1.82, 2.24) is 44.1 Å². The van der Waals surface area contributed by atoms with E-state index in [-0.39, 0.29) is 79.3 Å². The molecule has 1 unspecified atom stereocenters. The largest absolute Gasteiger partial charge is 0.493 e. The molecule has 7 aliphatic rings. The number of amides is 2. The van der Waals surface area contributed by atoms with E-state index >= 15 is 8.78 Å². The number of hydrogen-bond donors (Lipinski definition) is 0. The van der Waals surface area contributed by atoms with Crippen molar-refractivity contribution in [3.63, 3.8) is 0 Å². The first-order valence-electron chi connectivity index (χ1n) is 35.8. The highest BCUT2D eigenvalue weighted by Gasteiger charge is 2.44. The number of anilines is 4. The molecule has 4 fully saturated rings. The Labute approximate surface area is 594 Å². The van der Waals surface area contributed by atoms with E-state index in [4.69, 9.17) is 34.1 Å². The maximum absolute atomic E-state index is 16.3. The molecular weight excluding hydrogens is 1290 g/mol. The van der Waals surface area contributed by atoms with Gasteiger partial charge < -0.3 is 53.1 Å². The van der Waals surface area contributed by atoms with Gasteiger partial charge in [0.15, 0.2) is 0 Å². The minimum Gasteiger partial charge on any atom is -0.493 e. The average Bonchev–Trinajstić information content (AvgIpc) is 0.768. The summed E-state index contributed by atoms with van der Waals surface area (Å²) in [5.41, 5.74) is 13.0. The number of benzene rings is 2. The SMILES string of the molecule is C=CC(=O)N1CCN(c2nc(OC[C@@H]3CC(c4cc(N5CCc6c(N7CCN(C(=O)C=C)[C@@H](CC#N)C7)nc(OC[C@@H]7CCCN7C)c(-c7c(C)ccnc7C)c6C5)c5c(=O)n(C)ccc5c4)CN3C)c(-c3c(C)ccnc3C)c3c2CCN(c2cccc4c2C(F)(F)CCO4)C3)C[C@@H]1CC#N. The number of aryl methyl sites for hydroxylation is 5. The molecule has 5 aromatic heterocycles. The first-order valence-corrected chi connectivity index (χ1v) is 35.8. The van der Waals surface area contributed by atoms with Crippen LogP contribution in [0.5, 0.6) is 17.5 Å². The Morgan fingerprint density at radius 1 is 0.667 bits per heavy atom. The molecule has 12 heterocycles. The van der Waals surface area contributed by atoms with Crippen LogP contribution in [0.2, 0.25) is 0 Å². The summed E-state index contributed by atoms with van der Waals surface area (Å²) in [4.78, 5) is 79.2. The Bertz CT molecular complexity index is 4600. The lowest BCUT2D eigenvalue weighted by atomic mass is 9.88. The van der Waals surface area contributed by atoms with Crippen molar-refractivity contribution in [3.05, 3.63) is 159 Å². The number of nitriles is 2. The van der Waals surface area contributed by atoms with Crippen molar-refractivity contribution < 1.29 is 32.6 Å².